The molecule has 0 spiro atoms. The minimum Gasteiger partial charge on any atom is -0.381 e. The average molecular weight is 390 g/mol. The summed E-state index contributed by atoms with van der Waals surface area (Å²) < 4.78 is 7.14. The van der Waals surface area contributed by atoms with E-state index in [0.29, 0.717) is 26.1 Å². The Morgan fingerprint density at radius 1 is 1.33 bits per heavy atom. The minimum atomic E-state index is -0.0310. The second-order valence-corrected chi connectivity index (χ2v) is 8.69. The highest BCUT2D eigenvalue weighted by molar-refractivity contribution is 7.18. The number of nitrogens with one attached hydrogen (secondary N) is 1. The van der Waals surface area contributed by atoms with Crippen LogP contribution >= 0.6 is 11.3 Å². The van der Waals surface area contributed by atoms with Crippen molar-refractivity contribution in [1.29, 1.82) is 0 Å². The van der Waals surface area contributed by atoms with Crippen LogP contribution in [0.3, 0.4) is 0 Å². The van der Waals surface area contributed by atoms with Gasteiger partial charge in [0, 0.05) is 37.6 Å². The lowest BCUT2D eigenvalue weighted by atomic mass is 9.97. The van der Waals surface area contributed by atoms with Gasteiger partial charge in [0.05, 0.1) is 11.7 Å². The van der Waals surface area contributed by atoms with Crippen LogP contribution in [0.1, 0.15) is 49.0 Å². The van der Waals surface area contributed by atoms with Crippen molar-refractivity contribution in [2.45, 2.75) is 57.9 Å². The van der Waals surface area contributed by atoms with Gasteiger partial charge in [0.25, 0.3) is 5.56 Å². The summed E-state index contributed by atoms with van der Waals surface area (Å²) in [6.45, 7) is 2.54. The summed E-state index contributed by atoms with van der Waals surface area (Å²) in [6.07, 6.45) is 9.67. The SMILES string of the molecule is O=C(CCn1cnc2sc3c(c2c1=O)CCCC3)NCCCOCC1CC1. The number of aryl methyl sites for hydroxylation is 3. The van der Waals surface area contributed by atoms with Gasteiger partial charge in [-0.1, -0.05) is 0 Å². The van der Waals surface area contributed by atoms with Crippen molar-refractivity contribution in [2.24, 2.45) is 5.92 Å². The lowest BCUT2D eigenvalue weighted by molar-refractivity contribution is -0.121. The van der Waals surface area contributed by atoms with E-state index in [9.17, 15) is 9.59 Å². The number of carbonyl (C=O) groups is 1. The number of ether oxygens (including phenoxy) is 1. The predicted molar refractivity (Wildman–Crippen MR) is 106 cm³/mol. The number of aromatic nitrogens is 2. The van der Waals surface area contributed by atoms with Crippen molar-refractivity contribution in [3.63, 3.8) is 0 Å². The number of rotatable bonds is 9. The summed E-state index contributed by atoms with van der Waals surface area (Å²) in [5, 5.41) is 3.69. The average Bonchev–Trinajstić information content (AvgIpc) is 3.42. The fraction of sp³-hybridized carbons (Fsp3) is 0.650. The van der Waals surface area contributed by atoms with E-state index in [1.54, 1.807) is 22.2 Å². The Hall–Kier alpha value is -1.73. The van der Waals surface area contributed by atoms with E-state index in [1.165, 1.54) is 29.7 Å². The predicted octanol–water partition coefficient (Wildman–Crippen LogP) is 2.66. The number of hydrogen-bond donors (Lipinski definition) is 1. The van der Waals surface area contributed by atoms with Crippen LogP contribution in [0.5, 0.6) is 0 Å². The first-order valence-corrected chi connectivity index (χ1v) is 10.9. The van der Waals surface area contributed by atoms with Crippen LogP contribution in [0.4, 0.5) is 0 Å². The molecule has 1 N–H and O–H groups in total. The molecule has 1 amide bonds. The highest BCUT2D eigenvalue weighted by Gasteiger charge is 2.21. The maximum absolute atomic E-state index is 12.8. The number of thiophene rings is 1. The van der Waals surface area contributed by atoms with Gasteiger partial charge in [-0.2, -0.15) is 0 Å². The fourth-order valence-corrected chi connectivity index (χ4v) is 4.81. The first-order chi connectivity index (χ1) is 13.2. The van der Waals surface area contributed by atoms with E-state index in [-0.39, 0.29) is 11.5 Å². The van der Waals surface area contributed by atoms with Gasteiger partial charge in [0.15, 0.2) is 0 Å². The first-order valence-electron chi connectivity index (χ1n) is 10.1. The van der Waals surface area contributed by atoms with Gasteiger partial charge >= 0.3 is 0 Å². The van der Waals surface area contributed by atoms with Crippen molar-refractivity contribution in [1.82, 2.24) is 14.9 Å². The molecule has 1 fully saturated rings. The summed E-state index contributed by atoms with van der Waals surface area (Å²) in [6, 6.07) is 0. The molecule has 2 aromatic heterocycles. The summed E-state index contributed by atoms with van der Waals surface area (Å²) >= 11 is 1.65. The highest BCUT2D eigenvalue weighted by atomic mass is 32.1. The molecule has 0 bridgehead atoms. The zero-order chi connectivity index (χ0) is 18.6. The molecule has 0 aliphatic heterocycles. The Labute approximate surface area is 162 Å². The molecule has 0 saturated heterocycles. The summed E-state index contributed by atoms with van der Waals surface area (Å²) in [5.41, 5.74) is 1.20. The molecular formula is C20H27N3O3S. The van der Waals surface area contributed by atoms with Crippen LogP contribution in [-0.4, -0.2) is 35.2 Å². The Balaban J connectivity index is 1.27. The molecule has 0 radical (unpaired) electrons. The molecule has 4 rings (SSSR count). The van der Waals surface area contributed by atoms with Crippen LogP contribution < -0.4 is 10.9 Å². The normalized spacial score (nSPS) is 16.4. The van der Waals surface area contributed by atoms with Crippen LogP contribution in [0.25, 0.3) is 10.2 Å². The second kappa shape index (κ2) is 8.52. The largest absolute Gasteiger partial charge is 0.381 e. The Morgan fingerprint density at radius 2 is 2.19 bits per heavy atom. The number of amides is 1. The molecule has 6 nitrogen and oxygen atoms in total. The third kappa shape index (κ3) is 4.58. The standard InChI is InChI=1S/C20H27N3O3S/c24-17(21-9-3-11-26-12-14-6-7-14)8-10-23-13-22-19-18(20(23)25)15-4-1-2-5-16(15)27-19/h13-14H,1-12H2,(H,21,24). The van der Waals surface area contributed by atoms with Crippen molar-refractivity contribution in [3.05, 3.63) is 27.1 Å². The van der Waals surface area contributed by atoms with E-state index in [1.807, 2.05) is 0 Å². The third-order valence-electron chi connectivity index (χ3n) is 5.36. The first kappa shape index (κ1) is 18.6. The molecule has 0 atom stereocenters. The van der Waals surface area contributed by atoms with Crippen molar-refractivity contribution >= 4 is 27.5 Å². The van der Waals surface area contributed by atoms with E-state index in [2.05, 4.69) is 10.3 Å². The Morgan fingerprint density at radius 3 is 3.04 bits per heavy atom. The van der Waals surface area contributed by atoms with Gasteiger partial charge in [-0.15, -0.1) is 11.3 Å². The molecule has 2 heterocycles. The van der Waals surface area contributed by atoms with E-state index in [0.717, 1.165) is 48.4 Å². The molecule has 1 saturated carbocycles. The number of nitrogens with zero attached hydrogens (tertiary/aromatic N) is 2. The molecule has 2 aliphatic rings. The molecule has 0 aromatic carbocycles. The summed E-state index contributed by atoms with van der Waals surface area (Å²) in [7, 11) is 0. The monoisotopic (exact) mass is 389 g/mol. The number of fused-ring (bicyclic) bond motifs is 3. The minimum absolute atomic E-state index is 0.000626. The Kier molecular flexibility index (Phi) is 5.88. The van der Waals surface area contributed by atoms with Crippen LogP contribution in [0.2, 0.25) is 0 Å². The van der Waals surface area contributed by atoms with Gasteiger partial charge < -0.3 is 10.1 Å². The van der Waals surface area contributed by atoms with Crippen LogP contribution in [0.15, 0.2) is 11.1 Å². The molecule has 0 unspecified atom stereocenters. The van der Waals surface area contributed by atoms with E-state index >= 15 is 0 Å². The van der Waals surface area contributed by atoms with E-state index in [4.69, 9.17) is 4.74 Å². The summed E-state index contributed by atoms with van der Waals surface area (Å²) in [5.74, 6) is 0.745. The Bertz CT molecular complexity index is 869. The second-order valence-electron chi connectivity index (χ2n) is 7.61. The summed E-state index contributed by atoms with van der Waals surface area (Å²) in [4.78, 5) is 31.5. The van der Waals surface area contributed by atoms with Gasteiger partial charge in [0.1, 0.15) is 4.83 Å². The van der Waals surface area contributed by atoms with Crippen LogP contribution in [-0.2, 0) is 28.9 Å². The molecule has 2 aliphatic carbocycles. The third-order valence-corrected chi connectivity index (χ3v) is 6.56. The fourth-order valence-electron chi connectivity index (χ4n) is 3.59. The van der Waals surface area contributed by atoms with Crippen molar-refractivity contribution in [3.8, 4) is 0 Å². The van der Waals surface area contributed by atoms with Gasteiger partial charge in [-0.3, -0.25) is 14.2 Å². The molecule has 2 aromatic rings. The number of hydrogen-bond acceptors (Lipinski definition) is 5. The zero-order valence-corrected chi connectivity index (χ0v) is 16.5. The van der Waals surface area contributed by atoms with Gasteiger partial charge in [-0.05, 0) is 56.4 Å². The maximum Gasteiger partial charge on any atom is 0.262 e. The number of carbonyl (C=O) groups excluding carboxylic acids is 1. The molecule has 7 heteroatoms. The van der Waals surface area contributed by atoms with Crippen molar-refractivity contribution < 1.29 is 9.53 Å². The van der Waals surface area contributed by atoms with E-state index < -0.39 is 0 Å². The lowest BCUT2D eigenvalue weighted by Crippen LogP contribution is -2.28. The molecule has 146 valence electrons. The van der Waals surface area contributed by atoms with Crippen molar-refractivity contribution in [2.75, 3.05) is 19.8 Å². The lowest BCUT2D eigenvalue weighted by Gasteiger charge is -2.10. The van der Waals surface area contributed by atoms with Gasteiger partial charge in [0.2, 0.25) is 5.91 Å². The maximum atomic E-state index is 12.8. The van der Waals surface area contributed by atoms with Crippen LogP contribution in [0, 0.1) is 5.92 Å². The quantitative estimate of drug-likeness (QED) is 0.669. The highest BCUT2D eigenvalue weighted by Crippen LogP contribution is 2.33. The topological polar surface area (TPSA) is 73.2 Å². The molecular weight excluding hydrogens is 362 g/mol. The zero-order valence-electron chi connectivity index (χ0n) is 15.7. The smallest absolute Gasteiger partial charge is 0.262 e. The van der Waals surface area contributed by atoms with Gasteiger partial charge in [-0.25, -0.2) is 4.98 Å². The molecule has 27 heavy (non-hydrogen) atoms.